The minimum atomic E-state index is -0.706. The minimum Gasteiger partial charge on any atom is -0.322 e. The number of nitrogens with one attached hydrogen (secondary N) is 2. The molecule has 0 bridgehead atoms. The second kappa shape index (κ2) is 7.82. The number of carbonyl (C=O) groups is 1. The van der Waals surface area contributed by atoms with Crippen molar-refractivity contribution >= 4 is 34.8 Å². The van der Waals surface area contributed by atoms with Gasteiger partial charge in [0, 0.05) is 21.9 Å². The third-order valence-electron chi connectivity index (χ3n) is 4.03. The van der Waals surface area contributed by atoms with Crippen molar-refractivity contribution in [2.45, 2.75) is 13.5 Å². The molecule has 0 saturated heterocycles. The maximum atomic E-state index is 12.7. The SMILES string of the molecule is Cc1cc(Cl)ccc1NC(=O)c1c[nH]c(=O)n(Cc2ccccc2Cl)c1=O. The Bertz CT molecular complexity index is 1140. The van der Waals surface area contributed by atoms with E-state index in [9.17, 15) is 14.4 Å². The minimum absolute atomic E-state index is 0.0467. The average molecular weight is 404 g/mol. The molecule has 3 rings (SSSR count). The number of aromatic amines is 1. The van der Waals surface area contributed by atoms with Gasteiger partial charge in [-0.1, -0.05) is 41.4 Å². The normalized spacial score (nSPS) is 10.6. The predicted octanol–water partition coefficient (Wildman–Crippen LogP) is 3.45. The van der Waals surface area contributed by atoms with E-state index < -0.39 is 17.2 Å². The summed E-state index contributed by atoms with van der Waals surface area (Å²) in [4.78, 5) is 39.8. The molecule has 0 spiro atoms. The molecule has 1 aromatic heterocycles. The van der Waals surface area contributed by atoms with E-state index in [1.165, 1.54) is 0 Å². The van der Waals surface area contributed by atoms with E-state index in [1.54, 1.807) is 49.4 Å². The molecular weight excluding hydrogens is 389 g/mol. The number of nitrogens with zero attached hydrogens (tertiary/aromatic N) is 1. The second-order valence-electron chi connectivity index (χ2n) is 5.90. The molecular formula is C19H15Cl2N3O3. The highest BCUT2D eigenvalue weighted by molar-refractivity contribution is 6.31. The first-order valence-corrected chi connectivity index (χ1v) is 8.76. The average Bonchev–Trinajstić information content (AvgIpc) is 2.62. The number of anilines is 1. The lowest BCUT2D eigenvalue weighted by Crippen LogP contribution is -2.39. The largest absolute Gasteiger partial charge is 0.328 e. The van der Waals surface area contributed by atoms with Crippen molar-refractivity contribution in [2.24, 2.45) is 0 Å². The summed E-state index contributed by atoms with van der Waals surface area (Å²) in [6.45, 7) is 1.74. The number of rotatable bonds is 4. The van der Waals surface area contributed by atoms with E-state index in [4.69, 9.17) is 23.2 Å². The van der Waals surface area contributed by atoms with Gasteiger partial charge in [-0.15, -0.1) is 0 Å². The number of halogens is 2. The molecule has 138 valence electrons. The van der Waals surface area contributed by atoms with Gasteiger partial charge in [0.2, 0.25) is 0 Å². The number of amides is 1. The fourth-order valence-corrected chi connectivity index (χ4v) is 2.99. The van der Waals surface area contributed by atoms with Gasteiger partial charge in [-0.2, -0.15) is 0 Å². The number of H-pyrrole nitrogens is 1. The first-order chi connectivity index (χ1) is 12.9. The Hall–Kier alpha value is -2.83. The van der Waals surface area contributed by atoms with Gasteiger partial charge < -0.3 is 10.3 Å². The highest BCUT2D eigenvalue weighted by atomic mass is 35.5. The summed E-state index contributed by atoms with van der Waals surface area (Å²) in [7, 11) is 0. The Morgan fingerprint density at radius 1 is 1.15 bits per heavy atom. The number of hydrogen-bond acceptors (Lipinski definition) is 3. The van der Waals surface area contributed by atoms with Gasteiger partial charge in [0.1, 0.15) is 5.56 Å². The third kappa shape index (κ3) is 4.13. The van der Waals surface area contributed by atoms with Crippen LogP contribution in [-0.2, 0) is 6.54 Å². The molecule has 0 unspecified atom stereocenters. The monoisotopic (exact) mass is 403 g/mol. The van der Waals surface area contributed by atoms with Crippen molar-refractivity contribution in [1.82, 2.24) is 9.55 Å². The van der Waals surface area contributed by atoms with Gasteiger partial charge >= 0.3 is 5.69 Å². The molecule has 0 aliphatic carbocycles. The summed E-state index contributed by atoms with van der Waals surface area (Å²) < 4.78 is 0.935. The molecule has 2 aromatic carbocycles. The van der Waals surface area contributed by atoms with Crippen molar-refractivity contribution in [1.29, 1.82) is 0 Å². The van der Waals surface area contributed by atoms with Gasteiger partial charge in [-0.05, 0) is 42.3 Å². The summed E-state index contributed by atoms with van der Waals surface area (Å²) in [5.41, 5.74) is 0.347. The smallest absolute Gasteiger partial charge is 0.322 e. The van der Waals surface area contributed by atoms with Crippen LogP contribution in [0.15, 0.2) is 58.3 Å². The number of carbonyl (C=O) groups excluding carboxylic acids is 1. The van der Waals surface area contributed by atoms with E-state index >= 15 is 0 Å². The Balaban J connectivity index is 1.95. The maximum Gasteiger partial charge on any atom is 0.328 e. The van der Waals surface area contributed by atoms with Crippen molar-refractivity contribution in [3.05, 3.63) is 96.2 Å². The highest BCUT2D eigenvalue weighted by Crippen LogP contribution is 2.20. The maximum absolute atomic E-state index is 12.7. The molecule has 0 atom stereocenters. The van der Waals surface area contributed by atoms with Crippen molar-refractivity contribution in [2.75, 3.05) is 5.32 Å². The molecule has 0 radical (unpaired) electrons. The van der Waals surface area contributed by atoms with Crippen LogP contribution in [0.1, 0.15) is 21.5 Å². The summed E-state index contributed by atoms with van der Waals surface area (Å²) in [6.07, 6.45) is 1.11. The second-order valence-corrected chi connectivity index (χ2v) is 6.75. The van der Waals surface area contributed by atoms with E-state index in [1.807, 2.05) is 0 Å². The van der Waals surface area contributed by atoms with Crippen molar-refractivity contribution < 1.29 is 4.79 Å². The lowest BCUT2D eigenvalue weighted by atomic mass is 10.2. The predicted molar refractivity (Wildman–Crippen MR) is 106 cm³/mol. The van der Waals surface area contributed by atoms with E-state index in [2.05, 4.69) is 10.3 Å². The van der Waals surface area contributed by atoms with Gasteiger partial charge in [-0.3, -0.25) is 14.2 Å². The van der Waals surface area contributed by atoms with E-state index in [0.29, 0.717) is 21.3 Å². The van der Waals surface area contributed by atoms with Gasteiger partial charge in [0.15, 0.2) is 0 Å². The van der Waals surface area contributed by atoms with Crippen molar-refractivity contribution in [3.63, 3.8) is 0 Å². The number of aromatic nitrogens is 2. The van der Waals surface area contributed by atoms with Crippen LogP contribution in [0, 0.1) is 6.92 Å². The quantitative estimate of drug-likeness (QED) is 0.699. The van der Waals surface area contributed by atoms with Gasteiger partial charge in [0.25, 0.3) is 11.5 Å². The van der Waals surface area contributed by atoms with E-state index in [-0.39, 0.29) is 12.1 Å². The molecule has 1 heterocycles. The fourth-order valence-electron chi connectivity index (χ4n) is 2.57. The van der Waals surface area contributed by atoms with Crippen LogP contribution in [0.5, 0.6) is 0 Å². The molecule has 6 nitrogen and oxygen atoms in total. The molecule has 27 heavy (non-hydrogen) atoms. The Labute approximate surface area is 164 Å². The number of benzene rings is 2. The molecule has 1 amide bonds. The van der Waals surface area contributed by atoms with E-state index in [0.717, 1.165) is 16.3 Å². The molecule has 0 fully saturated rings. The first kappa shape index (κ1) is 18.9. The molecule has 3 aromatic rings. The summed E-state index contributed by atoms with van der Waals surface area (Å²) in [5, 5.41) is 3.62. The summed E-state index contributed by atoms with van der Waals surface area (Å²) in [6, 6.07) is 11.8. The van der Waals surface area contributed by atoms with Crippen LogP contribution >= 0.6 is 23.2 Å². The molecule has 2 N–H and O–H groups in total. The Morgan fingerprint density at radius 3 is 2.59 bits per heavy atom. The first-order valence-electron chi connectivity index (χ1n) is 8.00. The van der Waals surface area contributed by atoms with Crippen LogP contribution in [0.4, 0.5) is 5.69 Å². The standard InChI is InChI=1S/C19H15Cl2N3O3/c1-11-8-13(20)6-7-16(11)23-17(25)14-9-22-19(27)24(18(14)26)10-12-4-2-3-5-15(12)21/h2-9H,10H2,1H3,(H,22,27)(H,23,25). The zero-order valence-electron chi connectivity index (χ0n) is 14.3. The Morgan fingerprint density at radius 2 is 1.89 bits per heavy atom. The third-order valence-corrected chi connectivity index (χ3v) is 4.63. The van der Waals surface area contributed by atoms with Crippen molar-refractivity contribution in [3.8, 4) is 0 Å². The van der Waals surface area contributed by atoms with Gasteiger partial charge in [-0.25, -0.2) is 4.79 Å². The van der Waals surface area contributed by atoms with Crippen LogP contribution in [0.3, 0.4) is 0 Å². The number of aryl methyl sites for hydroxylation is 1. The zero-order chi connectivity index (χ0) is 19.6. The number of hydrogen-bond donors (Lipinski definition) is 2. The van der Waals surface area contributed by atoms with Crippen LogP contribution in [0.25, 0.3) is 0 Å². The lowest BCUT2D eigenvalue weighted by Gasteiger charge is -2.10. The molecule has 8 heteroatoms. The highest BCUT2D eigenvalue weighted by Gasteiger charge is 2.16. The lowest BCUT2D eigenvalue weighted by molar-refractivity contribution is 0.102. The van der Waals surface area contributed by atoms with Crippen LogP contribution < -0.4 is 16.6 Å². The van der Waals surface area contributed by atoms with Gasteiger partial charge in [0.05, 0.1) is 6.54 Å². The summed E-state index contributed by atoms with van der Waals surface area (Å²) >= 11 is 12.0. The molecule has 0 saturated carbocycles. The molecule has 0 aliphatic rings. The summed E-state index contributed by atoms with van der Waals surface area (Å²) in [5.74, 6) is -0.630. The van der Waals surface area contributed by atoms with Crippen LogP contribution in [0.2, 0.25) is 10.0 Å². The van der Waals surface area contributed by atoms with Crippen LogP contribution in [-0.4, -0.2) is 15.5 Å². The fraction of sp³-hybridized carbons (Fsp3) is 0.105. The Kier molecular flexibility index (Phi) is 5.48. The molecule has 0 aliphatic heterocycles. The zero-order valence-corrected chi connectivity index (χ0v) is 15.8. The topological polar surface area (TPSA) is 84.0 Å².